The Labute approximate surface area is 138 Å². The molecule has 2 aromatic rings. The first-order valence-corrected chi connectivity index (χ1v) is 7.95. The van der Waals surface area contributed by atoms with Crippen molar-refractivity contribution < 1.29 is 8.81 Å². The van der Waals surface area contributed by atoms with Gasteiger partial charge in [0, 0.05) is 10.7 Å². The molecule has 23 heavy (non-hydrogen) atoms. The molecule has 3 nitrogen and oxygen atoms in total. The molecule has 1 atom stereocenters. The number of rotatable bonds is 2. The molecule has 1 aromatic carbocycles. The van der Waals surface area contributed by atoms with Crippen molar-refractivity contribution in [1.82, 2.24) is 0 Å². The molecule has 0 saturated heterocycles. The van der Waals surface area contributed by atoms with Crippen molar-refractivity contribution in [3.05, 3.63) is 70.4 Å². The minimum absolute atomic E-state index is 0.268. The van der Waals surface area contributed by atoms with Gasteiger partial charge in [0.15, 0.2) is 11.6 Å². The zero-order valence-electron chi connectivity index (χ0n) is 12.3. The molecule has 0 radical (unpaired) electrons. The van der Waals surface area contributed by atoms with Crippen LogP contribution in [0, 0.1) is 5.82 Å². The molecule has 2 heterocycles. The second-order valence-electron chi connectivity index (χ2n) is 5.61. The Kier molecular flexibility index (Phi) is 3.62. The summed E-state index contributed by atoms with van der Waals surface area (Å²) >= 11 is 6.27. The van der Waals surface area contributed by atoms with E-state index in [0.29, 0.717) is 16.6 Å². The van der Waals surface area contributed by atoms with Gasteiger partial charge >= 0.3 is 0 Å². The van der Waals surface area contributed by atoms with E-state index >= 15 is 0 Å². The first kappa shape index (κ1) is 14.4. The lowest BCUT2D eigenvalue weighted by Crippen LogP contribution is -2.21. The minimum atomic E-state index is -0.351. The molecule has 1 aliphatic carbocycles. The first-order chi connectivity index (χ1) is 11.2. The van der Waals surface area contributed by atoms with Gasteiger partial charge in [-0.05, 0) is 54.7 Å². The van der Waals surface area contributed by atoms with E-state index in [2.05, 4.69) is 11.1 Å². The van der Waals surface area contributed by atoms with Crippen LogP contribution in [0.1, 0.15) is 36.6 Å². The van der Waals surface area contributed by atoms with Gasteiger partial charge < -0.3 is 4.42 Å². The van der Waals surface area contributed by atoms with Crippen LogP contribution in [0.25, 0.3) is 0 Å². The molecule has 0 N–H and O–H groups in total. The summed E-state index contributed by atoms with van der Waals surface area (Å²) < 4.78 is 18.8. The van der Waals surface area contributed by atoms with Gasteiger partial charge in [-0.2, -0.15) is 0 Å². The van der Waals surface area contributed by atoms with E-state index in [1.165, 1.54) is 12.1 Å². The maximum atomic E-state index is 13.4. The Morgan fingerprint density at radius 3 is 2.96 bits per heavy atom. The summed E-state index contributed by atoms with van der Waals surface area (Å²) in [6.07, 6.45) is 6.73. The quantitative estimate of drug-likeness (QED) is 0.753. The lowest BCUT2D eigenvalue weighted by atomic mass is 9.87. The summed E-state index contributed by atoms with van der Waals surface area (Å²) in [7, 11) is 0. The highest BCUT2D eigenvalue weighted by Gasteiger charge is 2.29. The summed E-state index contributed by atoms with van der Waals surface area (Å²) in [5.74, 6) is 0.844. The van der Waals surface area contributed by atoms with Crippen molar-refractivity contribution in [3.63, 3.8) is 0 Å². The smallest absolute Gasteiger partial charge is 0.192 e. The van der Waals surface area contributed by atoms with E-state index in [1.807, 2.05) is 12.1 Å². The highest BCUT2D eigenvalue weighted by molar-refractivity contribution is 6.31. The highest BCUT2D eigenvalue weighted by Crippen LogP contribution is 2.38. The Morgan fingerprint density at radius 2 is 2.17 bits per heavy atom. The Bertz CT molecular complexity index is 837. The van der Waals surface area contributed by atoms with Crippen LogP contribution in [0.3, 0.4) is 0 Å². The molecule has 0 amide bonds. The number of fused-ring (bicyclic) bond motifs is 1. The number of benzene rings is 1. The number of furan rings is 1. The number of aliphatic imine (C=N–C) groups is 2. The maximum absolute atomic E-state index is 13.4. The van der Waals surface area contributed by atoms with Crippen LogP contribution in [-0.4, -0.2) is 11.5 Å². The third kappa shape index (κ3) is 2.63. The molecule has 2 aliphatic rings. The average Bonchev–Trinajstić information content (AvgIpc) is 3.08. The van der Waals surface area contributed by atoms with E-state index in [4.69, 9.17) is 21.0 Å². The van der Waals surface area contributed by atoms with Gasteiger partial charge in [-0.15, -0.1) is 0 Å². The molecule has 1 aromatic heterocycles. The summed E-state index contributed by atoms with van der Waals surface area (Å²) in [5.41, 5.74) is 2.88. The largest absolute Gasteiger partial charge is 0.461 e. The van der Waals surface area contributed by atoms with Crippen LogP contribution in [0.2, 0.25) is 5.02 Å². The van der Waals surface area contributed by atoms with Gasteiger partial charge in [-0.1, -0.05) is 23.7 Å². The number of amidine groups is 1. The number of halogens is 2. The van der Waals surface area contributed by atoms with E-state index < -0.39 is 0 Å². The number of hydrogen-bond donors (Lipinski definition) is 0. The molecule has 5 heteroatoms. The van der Waals surface area contributed by atoms with Crippen LogP contribution >= 0.6 is 11.6 Å². The molecule has 116 valence electrons. The Hall–Kier alpha value is -2.20. The summed E-state index contributed by atoms with van der Waals surface area (Å²) in [5, 5.41) is 0.380. The van der Waals surface area contributed by atoms with Gasteiger partial charge in [-0.3, -0.25) is 4.99 Å². The second kappa shape index (κ2) is 5.78. The third-order valence-corrected chi connectivity index (χ3v) is 4.43. The van der Waals surface area contributed by atoms with Crippen LogP contribution in [-0.2, 0) is 0 Å². The molecule has 4 rings (SSSR count). The van der Waals surface area contributed by atoms with Crippen molar-refractivity contribution >= 4 is 23.1 Å². The highest BCUT2D eigenvalue weighted by atomic mass is 35.5. The van der Waals surface area contributed by atoms with Gasteiger partial charge in [-0.25, -0.2) is 9.38 Å². The topological polar surface area (TPSA) is 37.9 Å². The number of hydrogen-bond acceptors (Lipinski definition) is 3. The van der Waals surface area contributed by atoms with E-state index in [-0.39, 0.29) is 11.9 Å². The van der Waals surface area contributed by atoms with Crippen LogP contribution in [0.5, 0.6) is 0 Å². The first-order valence-electron chi connectivity index (χ1n) is 7.57. The summed E-state index contributed by atoms with van der Waals surface area (Å²) in [4.78, 5) is 9.39. The molecular formula is C18H14ClFN2O. The molecule has 0 bridgehead atoms. The minimum Gasteiger partial charge on any atom is -0.461 e. The molecule has 0 saturated carbocycles. The van der Waals surface area contributed by atoms with Gasteiger partial charge in [0.05, 0.1) is 6.26 Å². The average molecular weight is 329 g/mol. The lowest BCUT2D eigenvalue weighted by molar-refractivity contribution is 0.555. The third-order valence-electron chi connectivity index (χ3n) is 4.10. The van der Waals surface area contributed by atoms with Crippen LogP contribution in [0.4, 0.5) is 4.39 Å². The molecular weight excluding hydrogens is 315 g/mol. The van der Waals surface area contributed by atoms with Gasteiger partial charge in [0.2, 0.25) is 0 Å². The monoisotopic (exact) mass is 328 g/mol. The summed E-state index contributed by atoms with van der Waals surface area (Å²) in [6.45, 7) is 0. The van der Waals surface area contributed by atoms with Crippen LogP contribution < -0.4 is 0 Å². The fourth-order valence-corrected chi connectivity index (χ4v) is 3.28. The fourth-order valence-electron chi connectivity index (χ4n) is 3.01. The van der Waals surface area contributed by atoms with E-state index in [1.54, 1.807) is 12.3 Å². The Morgan fingerprint density at radius 1 is 1.26 bits per heavy atom. The van der Waals surface area contributed by atoms with Gasteiger partial charge in [0.25, 0.3) is 0 Å². The zero-order chi connectivity index (χ0) is 15.8. The fraction of sp³-hybridized carbons (Fsp3) is 0.222. The van der Waals surface area contributed by atoms with Crippen LogP contribution in [0.15, 0.2) is 62.6 Å². The second-order valence-corrected chi connectivity index (χ2v) is 6.02. The number of allylic oxidation sites excluding steroid dienone is 1. The molecule has 0 fully saturated rings. The van der Waals surface area contributed by atoms with E-state index in [0.717, 1.165) is 36.1 Å². The van der Waals surface area contributed by atoms with Crippen molar-refractivity contribution in [2.75, 3.05) is 0 Å². The predicted molar refractivity (Wildman–Crippen MR) is 88.8 cm³/mol. The zero-order valence-corrected chi connectivity index (χ0v) is 13.1. The predicted octanol–water partition coefficient (Wildman–Crippen LogP) is 5.12. The molecule has 1 aliphatic heterocycles. The standard InChI is InChI=1S/C18H14ClFN2O/c19-14-10-11(20)7-8-12(14)17-13-4-1-2-5-15(13)21-18(22-17)16-6-3-9-23-16/h3-4,6-10,17H,1-2,5H2. The SMILES string of the molecule is Fc1ccc(C2N=C(c3ccco3)N=C3CCCC=C32)c(Cl)c1. The van der Waals surface area contributed by atoms with Gasteiger partial charge in [0.1, 0.15) is 11.9 Å². The van der Waals surface area contributed by atoms with Crippen molar-refractivity contribution in [3.8, 4) is 0 Å². The maximum Gasteiger partial charge on any atom is 0.192 e. The Balaban J connectivity index is 1.85. The van der Waals surface area contributed by atoms with Crippen molar-refractivity contribution in [2.45, 2.75) is 25.3 Å². The van der Waals surface area contributed by atoms with E-state index in [9.17, 15) is 4.39 Å². The number of nitrogens with zero attached hydrogens (tertiary/aromatic N) is 2. The molecule has 1 unspecified atom stereocenters. The van der Waals surface area contributed by atoms with Crippen molar-refractivity contribution in [1.29, 1.82) is 0 Å². The lowest BCUT2D eigenvalue weighted by Gasteiger charge is -2.26. The molecule has 0 spiro atoms. The normalized spacial score (nSPS) is 20.4. The van der Waals surface area contributed by atoms with Crippen molar-refractivity contribution in [2.24, 2.45) is 9.98 Å². The summed E-state index contributed by atoms with van der Waals surface area (Å²) in [6, 6.07) is 7.82.